The minimum Gasteiger partial charge on any atom is -0.327 e. The van der Waals surface area contributed by atoms with E-state index in [-0.39, 0.29) is 0 Å². The van der Waals surface area contributed by atoms with E-state index >= 15 is 0 Å². The summed E-state index contributed by atoms with van der Waals surface area (Å²) >= 11 is 5.79. The zero-order valence-electron chi connectivity index (χ0n) is 6.39. The molecule has 2 unspecified atom stereocenters. The van der Waals surface area contributed by atoms with Gasteiger partial charge in [-0.2, -0.15) is 0 Å². The summed E-state index contributed by atoms with van der Waals surface area (Å²) in [6, 6.07) is 0.351. The fourth-order valence-electron chi connectivity index (χ4n) is 1.43. The van der Waals surface area contributed by atoms with Crippen molar-refractivity contribution in [3.05, 3.63) is 0 Å². The molecule has 1 heterocycles. The molecule has 0 aromatic rings. The van der Waals surface area contributed by atoms with E-state index in [1.54, 1.807) is 0 Å². The highest BCUT2D eigenvalue weighted by Gasteiger charge is 2.24. The molecule has 0 spiro atoms. The van der Waals surface area contributed by atoms with Crippen molar-refractivity contribution in [2.75, 3.05) is 13.1 Å². The SMILES string of the molecule is CCC(N)C1CCN(Cl)C1. The third-order valence-corrected chi connectivity index (χ3v) is 2.56. The zero-order valence-corrected chi connectivity index (χ0v) is 7.14. The lowest BCUT2D eigenvalue weighted by atomic mass is 9.98. The summed E-state index contributed by atoms with van der Waals surface area (Å²) in [5, 5.41) is 0. The Bertz CT molecular complexity index is 108. The third-order valence-electron chi connectivity index (χ3n) is 2.25. The molecular formula is C7H15ClN2. The quantitative estimate of drug-likeness (QED) is 0.619. The Morgan fingerprint density at radius 3 is 2.90 bits per heavy atom. The smallest absolute Gasteiger partial charge is 0.0182 e. The van der Waals surface area contributed by atoms with Crippen LogP contribution in [-0.4, -0.2) is 23.6 Å². The second-order valence-electron chi connectivity index (χ2n) is 2.99. The van der Waals surface area contributed by atoms with Gasteiger partial charge >= 0.3 is 0 Å². The van der Waals surface area contributed by atoms with Crippen molar-refractivity contribution in [3.63, 3.8) is 0 Å². The lowest BCUT2D eigenvalue weighted by Gasteiger charge is -2.15. The molecule has 3 heteroatoms. The summed E-state index contributed by atoms with van der Waals surface area (Å²) in [5.41, 5.74) is 5.86. The van der Waals surface area contributed by atoms with Gasteiger partial charge in [0.25, 0.3) is 0 Å². The lowest BCUT2D eigenvalue weighted by molar-refractivity contribution is 0.421. The van der Waals surface area contributed by atoms with Crippen molar-refractivity contribution >= 4 is 11.8 Å². The molecule has 0 aromatic heterocycles. The summed E-state index contributed by atoms with van der Waals surface area (Å²) in [5.74, 6) is 0.627. The molecule has 1 fully saturated rings. The van der Waals surface area contributed by atoms with Gasteiger partial charge in [0.05, 0.1) is 0 Å². The maximum Gasteiger partial charge on any atom is 0.0182 e. The molecule has 0 radical (unpaired) electrons. The zero-order chi connectivity index (χ0) is 7.56. The van der Waals surface area contributed by atoms with Gasteiger partial charge in [0.15, 0.2) is 0 Å². The van der Waals surface area contributed by atoms with Crippen LogP contribution in [0.15, 0.2) is 0 Å². The maximum absolute atomic E-state index is 5.86. The van der Waals surface area contributed by atoms with Crippen molar-refractivity contribution < 1.29 is 0 Å². The summed E-state index contributed by atoms with van der Waals surface area (Å²) in [4.78, 5) is 0. The van der Waals surface area contributed by atoms with Crippen molar-refractivity contribution in [1.82, 2.24) is 4.42 Å². The van der Waals surface area contributed by atoms with E-state index in [0.717, 1.165) is 19.5 Å². The fourth-order valence-corrected chi connectivity index (χ4v) is 1.70. The van der Waals surface area contributed by atoms with Crippen LogP contribution >= 0.6 is 11.8 Å². The molecule has 2 nitrogen and oxygen atoms in total. The van der Waals surface area contributed by atoms with Crippen molar-refractivity contribution in [1.29, 1.82) is 0 Å². The summed E-state index contributed by atoms with van der Waals surface area (Å²) in [6.07, 6.45) is 2.23. The number of halogens is 1. The largest absolute Gasteiger partial charge is 0.327 e. The van der Waals surface area contributed by atoms with E-state index in [1.807, 2.05) is 4.42 Å². The van der Waals surface area contributed by atoms with Crippen LogP contribution in [0.5, 0.6) is 0 Å². The number of nitrogens with two attached hydrogens (primary N) is 1. The van der Waals surface area contributed by atoms with Gasteiger partial charge in [0, 0.05) is 19.1 Å². The first-order valence-corrected chi connectivity index (χ1v) is 4.24. The maximum atomic E-state index is 5.86. The van der Waals surface area contributed by atoms with Crippen LogP contribution in [0.2, 0.25) is 0 Å². The van der Waals surface area contributed by atoms with E-state index in [9.17, 15) is 0 Å². The van der Waals surface area contributed by atoms with Crippen LogP contribution in [0, 0.1) is 5.92 Å². The normalized spacial score (nSPS) is 30.9. The molecule has 1 saturated heterocycles. The second kappa shape index (κ2) is 3.56. The van der Waals surface area contributed by atoms with Crippen LogP contribution in [0.1, 0.15) is 19.8 Å². The van der Waals surface area contributed by atoms with Crippen LogP contribution in [0.3, 0.4) is 0 Å². The highest BCUT2D eigenvalue weighted by molar-refractivity contribution is 6.13. The molecule has 60 valence electrons. The van der Waals surface area contributed by atoms with E-state index in [4.69, 9.17) is 17.5 Å². The predicted octanol–water partition coefficient (Wildman–Crippen LogP) is 1.20. The van der Waals surface area contributed by atoms with Gasteiger partial charge in [-0.1, -0.05) is 6.92 Å². The summed E-state index contributed by atoms with van der Waals surface area (Å²) < 4.78 is 1.83. The van der Waals surface area contributed by atoms with Crippen LogP contribution < -0.4 is 5.73 Å². The number of rotatable bonds is 2. The first-order chi connectivity index (χ1) is 4.74. The Kier molecular flexibility index (Phi) is 2.96. The fraction of sp³-hybridized carbons (Fsp3) is 1.00. The Hall–Kier alpha value is 0.210. The molecule has 1 aliphatic heterocycles. The molecule has 0 saturated carbocycles. The van der Waals surface area contributed by atoms with E-state index < -0.39 is 0 Å². The van der Waals surface area contributed by atoms with E-state index in [0.29, 0.717) is 12.0 Å². The molecule has 0 aromatic carbocycles. The van der Waals surface area contributed by atoms with E-state index in [1.165, 1.54) is 6.42 Å². The minimum atomic E-state index is 0.351. The monoisotopic (exact) mass is 162 g/mol. The molecule has 10 heavy (non-hydrogen) atoms. The highest BCUT2D eigenvalue weighted by Crippen LogP contribution is 2.21. The lowest BCUT2D eigenvalue weighted by Crippen LogP contribution is -2.30. The van der Waals surface area contributed by atoms with Gasteiger partial charge < -0.3 is 5.73 Å². The first kappa shape index (κ1) is 8.31. The average molecular weight is 163 g/mol. The molecular weight excluding hydrogens is 148 g/mol. The summed E-state index contributed by atoms with van der Waals surface area (Å²) in [7, 11) is 0. The Labute approximate surface area is 67.4 Å². The standard InChI is InChI=1S/C7H15ClN2/c1-2-7(9)6-3-4-10(8)5-6/h6-7H,2-5,9H2,1H3. The van der Waals surface area contributed by atoms with Crippen LogP contribution in [0.4, 0.5) is 0 Å². The molecule has 1 aliphatic rings. The Morgan fingerprint density at radius 1 is 1.80 bits per heavy atom. The molecule has 0 aliphatic carbocycles. The number of hydrogen-bond acceptors (Lipinski definition) is 2. The van der Waals surface area contributed by atoms with Crippen molar-refractivity contribution in [2.24, 2.45) is 11.7 Å². The Morgan fingerprint density at radius 2 is 2.50 bits per heavy atom. The molecule has 1 rings (SSSR count). The average Bonchev–Trinajstić information content (AvgIpc) is 2.34. The topological polar surface area (TPSA) is 29.3 Å². The first-order valence-electron chi connectivity index (χ1n) is 3.90. The minimum absolute atomic E-state index is 0.351. The van der Waals surface area contributed by atoms with E-state index in [2.05, 4.69) is 6.92 Å². The molecule has 0 amide bonds. The predicted molar refractivity (Wildman–Crippen MR) is 43.8 cm³/mol. The Balaban J connectivity index is 2.29. The number of hydrogen-bond donors (Lipinski definition) is 1. The molecule has 2 atom stereocenters. The third kappa shape index (κ3) is 1.84. The van der Waals surface area contributed by atoms with Gasteiger partial charge in [0.1, 0.15) is 0 Å². The van der Waals surface area contributed by atoms with Gasteiger partial charge in [-0.05, 0) is 30.5 Å². The van der Waals surface area contributed by atoms with Crippen LogP contribution in [-0.2, 0) is 0 Å². The van der Waals surface area contributed by atoms with Gasteiger partial charge in [-0.25, -0.2) is 4.42 Å². The highest BCUT2D eigenvalue weighted by atomic mass is 35.5. The summed E-state index contributed by atoms with van der Waals surface area (Å²) in [6.45, 7) is 4.10. The van der Waals surface area contributed by atoms with Gasteiger partial charge in [-0.15, -0.1) is 0 Å². The van der Waals surface area contributed by atoms with Crippen molar-refractivity contribution in [2.45, 2.75) is 25.8 Å². The van der Waals surface area contributed by atoms with Crippen LogP contribution in [0.25, 0.3) is 0 Å². The molecule has 0 bridgehead atoms. The van der Waals surface area contributed by atoms with Crippen molar-refractivity contribution in [3.8, 4) is 0 Å². The van der Waals surface area contributed by atoms with Gasteiger partial charge in [0.2, 0.25) is 0 Å². The van der Waals surface area contributed by atoms with Gasteiger partial charge in [-0.3, -0.25) is 0 Å². The second-order valence-corrected chi connectivity index (χ2v) is 3.47. The molecule has 2 N–H and O–H groups in total. The number of nitrogens with zero attached hydrogens (tertiary/aromatic N) is 1.